The van der Waals surface area contributed by atoms with Gasteiger partial charge in [-0.15, -0.1) is 24.0 Å². The van der Waals surface area contributed by atoms with E-state index in [1.807, 2.05) is 7.05 Å². The molecule has 0 bridgehead atoms. The molecule has 2 N–H and O–H groups in total. The fraction of sp³-hybridized carbons (Fsp3) is 0.480. The molecule has 1 fully saturated rings. The predicted molar refractivity (Wildman–Crippen MR) is 142 cm³/mol. The summed E-state index contributed by atoms with van der Waals surface area (Å²) in [6.07, 6.45) is 4.07. The number of piperidine rings is 1. The van der Waals surface area contributed by atoms with E-state index < -0.39 is 0 Å². The van der Waals surface area contributed by atoms with Crippen molar-refractivity contribution in [2.24, 2.45) is 4.99 Å². The van der Waals surface area contributed by atoms with E-state index in [0.717, 1.165) is 32.1 Å². The SMILES string of the molecule is CN=C(NCc1ccc(CN(C)C)cc1)NCc1ccc(CN2CCCCC2)cc1.I. The van der Waals surface area contributed by atoms with Crippen LogP contribution in [0.5, 0.6) is 0 Å². The van der Waals surface area contributed by atoms with E-state index >= 15 is 0 Å². The van der Waals surface area contributed by atoms with Crippen molar-refractivity contribution in [3.63, 3.8) is 0 Å². The zero-order valence-electron chi connectivity index (χ0n) is 19.2. The van der Waals surface area contributed by atoms with Crippen LogP contribution in [0.3, 0.4) is 0 Å². The molecule has 31 heavy (non-hydrogen) atoms. The van der Waals surface area contributed by atoms with Gasteiger partial charge in [0.1, 0.15) is 0 Å². The maximum absolute atomic E-state index is 4.35. The predicted octanol–water partition coefficient (Wildman–Crippen LogP) is 4.22. The smallest absolute Gasteiger partial charge is 0.191 e. The van der Waals surface area contributed by atoms with E-state index in [0.29, 0.717) is 0 Å². The molecule has 170 valence electrons. The Hall–Kier alpha value is -1.64. The first-order chi connectivity index (χ1) is 14.6. The van der Waals surface area contributed by atoms with Gasteiger partial charge in [0.05, 0.1) is 0 Å². The minimum Gasteiger partial charge on any atom is -0.352 e. The Morgan fingerprint density at radius 2 is 1.29 bits per heavy atom. The van der Waals surface area contributed by atoms with Gasteiger partial charge in [-0.2, -0.15) is 0 Å². The summed E-state index contributed by atoms with van der Waals surface area (Å²) >= 11 is 0. The molecule has 2 aromatic rings. The van der Waals surface area contributed by atoms with Crippen LogP contribution < -0.4 is 10.6 Å². The highest BCUT2D eigenvalue weighted by molar-refractivity contribution is 14.0. The van der Waals surface area contributed by atoms with Crippen LogP contribution >= 0.6 is 24.0 Å². The minimum absolute atomic E-state index is 0. The molecule has 1 saturated heterocycles. The molecule has 0 unspecified atom stereocenters. The second kappa shape index (κ2) is 13.7. The summed E-state index contributed by atoms with van der Waals surface area (Å²) in [6, 6.07) is 17.7. The topological polar surface area (TPSA) is 42.9 Å². The summed E-state index contributed by atoms with van der Waals surface area (Å²) in [5.41, 5.74) is 5.26. The van der Waals surface area contributed by atoms with Gasteiger partial charge in [0, 0.05) is 33.2 Å². The van der Waals surface area contributed by atoms with E-state index in [2.05, 4.69) is 88.1 Å². The molecule has 0 spiro atoms. The number of guanidine groups is 1. The summed E-state index contributed by atoms with van der Waals surface area (Å²) in [5.74, 6) is 0.824. The maximum Gasteiger partial charge on any atom is 0.191 e. The Morgan fingerprint density at radius 1 is 0.806 bits per heavy atom. The van der Waals surface area contributed by atoms with Crippen LogP contribution in [0.1, 0.15) is 41.5 Å². The fourth-order valence-electron chi connectivity index (χ4n) is 3.86. The van der Waals surface area contributed by atoms with Gasteiger partial charge in [0.2, 0.25) is 0 Å². The summed E-state index contributed by atoms with van der Waals surface area (Å²) in [7, 11) is 6.00. The minimum atomic E-state index is 0. The molecule has 6 heteroatoms. The Kier molecular flexibility index (Phi) is 11.3. The van der Waals surface area contributed by atoms with Crippen molar-refractivity contribution < 1.29 is 0 Å². The molecule has 0 radical (unpaired) electrons. The van der Waals surface area contributed by atoms with Crippen molar-refractivity contribution in [1.29, 1.82) is 0 Å². The number of aliphatic imine (C=N–C) groups is 1. The number of benzene rings is 2. The number of hydrogen-bond donors (Lipinski definition) is 2. The zero-order chi connectivity index (χ0) is 21.2. The molecule has 0 aliphatic carbocycles. The maximum atomic E-state index is 4.35. The summed E-state index contributed by atoms with van der Waals surface area (Å²) < 4.78 is 0. The van der Waals surface area contributed by atoms with Crippen molar-refractivity contribution in [1.82, 2.24) is 20.4 Å². The molecule has 3 rings (SSSR count). The van der Waals surface area contributed by atoms with Crippen molar-refractivity contribution in [2.75, 3.05) is 34.2 Å². The Morgan fingerprint density at radius 3 is 1.77 bits per heavy atom. The first kappa shape index (κ1) is 25.6. The van der Waals surface area contributed by atoms with Crippen LogP contribution in [0.15, 0.2) is 53.5 Å². The summed E-state index contributed by atoms with van der Waals surface area (Å²) in [5, 5.41) is 6.82. The van der Waals surface area contributed by atoms with E-state index in [9.17, 15) is 0 Å². The third-order valence-electron chi connectivity index (χ3n) is 5.54. The fourth-order valence-corrected chi connectivity index (χ4v) is 3.86. The Labute approximate surface area is 205 Å². The van der Waals surface area contributed by atoms with Crippen molar-refractivity contribution >= 4 is 29.9 Å². The number of nitrogens with zero attached hydrogens (tertiary/aromatic N) is 3. The second-order valence-corrected chi connectivity index (χ2v) is 8.49. The highest BCUT2D eigenvalue weighted by atomic mass is 127. The van der Waals surface area contributed by atoms with E-state index in [4.69, 9.17) is 0 Å². The van der Waals surface area contributed by atoms with Crippen LogP contribution in [0, 0.1) is 0 Å². The molecule has 2 aromatic carbocycles. The molecule has 0 saturated carbocycles. The number of halogens is 1. The average molecular weight is 536 g/mol. The highest BCUT2D eigenvalue weighted by Crippen LogP contribution is 2.13. The first-order valence-corrected chi connectivity index (χ1v) is 11.1. The van der Waals surface area contributed by atoms with Crippen LogP contribution in [0.25, 0.3) is 0 Å². The van der Waals surface area contributed by atoms with Crippen LogP contribution in [-0.4, -0.2) is 50.0 Å². The lowest BCUT2D eigenvalue weighted by molar-refractivity contribution is 0.221. The molecule has 0 atom stereocenters. The van der Waals surface area contributed by atoms with Crippen LogP contribution in [0.2, 0.25) is 0 Å². The van der Waals surface area contributed by atoms with Crippen molar-refractivity contribution in [2.45, 2.75) is 45.4 Å². The summed E-state index contributed by atoms with van der Waals surface area (Å²) in [4.78, 5) is 9.10. The van der Waals surface area contributed by atoms with Gasteiger partial charge in [-0.25, -0.2) is 0 Å². The first-order valence-electron chi connectivity index (χ1n) is 11.1. The molecule has 0 amide bonds. The van der Waals surface area contributed by atoms with Gasteiger partial charge < -0.3 is 15.5 Å². The standard InChI is InChI=1S/C25H37N5.HI/c1-26-25(27-17-21-7-11-23(12-8-21)19-29(2)3)28-18-22-9-13-24(14-10-22)20-30-15-5-4-6-16-30;/h7-14H,4-6,15-20H2,1-3H3,(H2,26,27,28);1H. The molecule has 5 nitrogen and oxygen atoms in total. The lowest BCUT2D eigenvalue weighted by Crippen LogP contribution is -2.36. The van der Waals surface area contributed by atoms with Crippen LogP contribution in [0.4, 0.5) is 0 Å². The van der Waals surface area contributed by atoms with Crippen LogP contribution in [-0.2, 0) is 26.2 Å². The third-order valence-corrected chi connectivity index (χ3v) is 5.54. The van der Waals surface area contributed by atoms with Crippen molar-refractivity contribution in [3.05, 3.63) is 70.8 Å². The highest BCUT2D eigenvalue weighted by Gasteiger charge is 2.10. The largest absolute Gasteiger partial charge is 0.352 e. The lowest BCUT2D eigenvalue weighted by atomic mass is 10.1. The Bertz CT molecular complexity index is 781. The lowest BCUT2D eigenvalue weighted by Gasteiger charge is -2.26. The second-order valence-electron chi connectivity index (χ2n) is 8.49. The van der Waals surface area contributed by atoms with Gasteiger partial charge >= 0.3 is 0 Å². The number of nitrogens with one attached hydrogen (secondary N) is 2. The number of rotatable bonds is 8. The van der Waals surface area contributed by atoms with Gasteiger partial charge in [-0.3, -0.25) is 9.89 Å². The third kappa shape index (κ3) is 9.17. The average Bonchev–Trinajstić information content (AvgIpc) is 2.76. The monoisotopic (exact) mass is 535 g/mol. The number of hydrogen-bond acceptors (Lipinski definition) is 3. The quantitative estimate of drug-likeness (QED) is 0.302. The Balaban J connectivity index is 0.00000341. The molecule has 1 aliphatic rings. The van der Waals surface area contributed by atoms with Gasteiger partial charge in [-0.05, 0) is 62.3 Å². The van der Waals surface area contributed by atoms with Crippen molar-refractivity contribution in [3.8, 4) is 0 Å². The van der Waals surface area contributed by atoms with Gasteiger partial charge in [0.25, 0.3) is 0 Å². The molecular formula is C25H38IN5. The van der Waals surface area contributed by atoms with E-state index in [-0.39, 0.29) is 24.0 Å². The summed E-state index contributed by atoms with van der Waals surface area (Å²) in [6.45, 7) is 6.05. The van der Waals surface area contributed by atoms with Gasteiger partial charge in [0.15, 0.2) is 5.96 Å². The normalized spacial score (nSPS) is 14.9. The number of likely N-dealkylation sites (tertiary alicyclic amines) is 1. The molecule has 1 heterocycles. The zero-order valence-corrected chi connectivity index (χ0v) is 21.6. The van der Waals surface area contributed by atoms with Gasteiger partial charge in [-0.1, -0.05) is 55.0 Å². The molecule has 0 aromatic heterocycles. The molecular weight excluding hydrogens is 497 g/mol. The van der Waals surface area contributed by atoms with E-state index in [1.165, 1.54) is 54.6 Å². The van der Waals surface area contributed by atoms with E-state index in [1.54, 1.807) is 0 Å². The molecule has 1 aliphatic heterocycles.